The molecule has 3 heteroatoms. The molecule has 0 amide bonds. The maximum atomic E-state index is 10.4. The van der Waals surface area contributed by atoms with Crippen molar-refractivity contribution in [1.82, 2.24) is 0 Å². The smallest absolute Gasteiger partial charge is 0.332 e. The van der Waals surface area contributed by atoms with E-state index in [9.17, 15) is 4.79 Å². The molecule has 0 saturated heterocycles. The van der Waals surface area contributed by atoms with Crippen molar-refractivity contribution >= 4 is 5.97 Å². The second-order valence-electron chi connectivity index (χ2n) is 1.53. The fourth-order valence-corrected chi connectivity index (χ4v) is 0.329. The topological polar surface area (TPSA) is 52.3 Å². The second-order valence-corrected chi connectivity index (χ2v) is 1.53. The zero-order chi connectivity index (χ0) is 7.11. The summed E-state index contributed by atoms with van der Waals surface area (Å²) in [7, 11) is 0. The van der Waals surface area contributed by atoms with Gasteiger partial charge in [-0.2, -0.15) is 0 Å². The SMILES string of the molecule is CCCOC(=O)/C=C/N. The minimum atomic E-state index is -0.376. The van der Waals surface area contributed by atoms with Gasteiger partial charge in [-0.3, -0.25) is 0 Å². The molecular weight excluding hydrogens is 118 g/mol. The van der Waals surface area contributed by atoms with Crippen LogP contribution in [0, 0.1) is 0 Å². The summed E-state index contributed by atoms with van der Waals surface area (Å²) in [6, 6.07) is 0. The minimum Gasteiger partial charge on any atom is -0.463 e. The monoisotopic (exact) mass is 129 g/mol. The average molecular weight is 129 g/mol. The van der Waals surface area contributed by atoms with Gasteiger partial charge in [-0.1, -0.05) is 6.92 Å². The van der Waals surface area contributed by atoms with Crippen molar-refractivity contribution in [3.63, 3.8) is 0 Å². The van der Waals surface area contributed by atoms with Crippen LogP contribution in [0.15, 0.2) is 12.3 Å². The van der Waals surface area contributed by atoms with Gasteiger partial charge < -0.3 is 10.5 Å². The number of esters is 1. The van der Waals surface area contributed by atoms with Crippen molar-refractivity contribution in [3.05, 3.63) is 12.3 Å². The highest BCUT2D eigenvalue weighted by Gasteiger charge is 1.91. The van der Waals surface area contributed by atoms with E-state index in [4.69, 9.17) is 5.73 Å². The van der Waals surface area contributed by atoms with Crippen molar-refractivity contribution in [2.75, 3.05) is 6.61 Å². The third-order valence-corrected chi connectivity index (χ3v) is 0.681. The van der Waals surface area contributed by atoms with Crippen LogP contribution in [0.2, 0.25) is 0 Å². The van der Waals surface area contributed by atoms with Crippen LogP contribution in [0.4, 0.5) is 0 Å². The molecule has 0 atom stereocenters. The quantitative estimate of drug-likeness (QED) is 0.443. The van der Waals surface area contributed by atoms with E-state index in [0.29, 0.717) is 6.61 Å². The third-order valence-electron chi connectivity index (χ3n) is 0.681. The van der Waals surface area contributed by atoms with Gasteiger partial charge >= 0.3 is 5.97 Å². The van der Waals surface area contributed by atoms with E-state index < -0.39 is 0 Å². The Labute approximate surface area is 54.5 Å². The Hall–Kier alpha value is -0.990. The number of ether oxygens (including phenoxy) is 1. The number of nitrogens with two attached hydrogens (primary N) is 1. The molecule has 0 fully saturated rings. The fourth-order valence-electron chi connectivity index (χ4n) is 0.329. The molecule has 0 aromatic carbocycles. The molecule has 0 bridgehead atoms. The first-order chi connectivity index (χ1) is 4.31. The maximum Gasteiger partial charge on any atom is 0.332 e. The summed E-state index contributed by atoms with van der Waals surface area (Å²) in [6.45, 7) is 2.39. The van der Waals surface area contributed by atoms with Gasteiger partial charge in [-0.25, -0.2) is 4.79 Å². The van der Waals surface area contributed by atoms with Crippen LogP contribution in [0.5, 0.6) is 0 Å². The van der Waals surface area contributed by atoms with Gasteiger partial charge in [0.1, 0.15) is 0 Å². The molecule has 0 unspecified atom stereocenters. The third kappa shape index (κ3) is 4.87. The molecule has 52 valence electrons. The molecule has 0 heterocycles. The van der Waals surface area contributed by atoms with Gasteiger partial charge in [0, 0.05) is 12.3 Å². The van der Waals surface area contributed by atoms with Crippen LogP contribution in [-0.4, -0.2) is 12.6 Å². The Morgan fingerprint density at radius 3 is 2.89 bits per heavy atom. The summed E-state index contributed by atoms with van der Waals surface area (Å²) in [5, 5.41) is 0. The van der Waals surface area contributed by atoms with Crippen molar-refractivity contribution in [3.8, 4) is 0 Å². The first-order valence-corrected chi connectivity index (χ1v) is 2.86. The molecule has 0 radical (unpaired) electrons. The Bertz CT molecular complexity index is 110. The molecule has 0 saturated carbocycles. The lowest BCUT2D eigenvalue weighted by Gasteiger charge is -1.95. The lowest BCUT2D eigenvalue weighted by Crippen LogP contribution is -2.01. The number of carbonyl (C=O) groups is 1. The van der Waals surface area contributed by atoms with Crippen LogP contribution in [-0.2, 0) is 9.53 Å². The summed E-state index contributed by atoms with van der Waals surface area (Å²) in [5.74, 6) is -0.376. The number of rotatable bonds is 3. The molecule has 0 aliphatic carbocycles. The van der Waals surface area contributed by atoms with E-state index in [1.807, 2.05) is 6.92 Å². The predicted molar refractivity (Wildman–Crippen MR) is 34.6 cm³/mol. The first-order valence-electron chi connectivity index (χ1n) is 2.86. The molecule has 0 aliphatic rings. The molecular formula is C6H11NO2. The number of hydrogen-bond donors (Lipinski definition) is 1. The zero-order valence-electron chi connectivity index (χ0n) is 5.46. The minimum absolute atomic E-state index is 0.376. The van der Waals surface area contributed by atoms with E-state index in [2.05, 4.69) is 4.74 Å². The van der Waals surface area contributed by atoms with E-state index in [0.717, 1.165) is 12.6 Å². The Morgan fingerprint density at radius 1 is 1.78 bits per heavy atom. The highest BCUT2D eigenvalue weighted by Crippen LogP contribution is 1.82. The van der Waals surface area contributed by atoms with Gasteiger partial charge in [-0.05, 0) is 6.42 Å². The molecule has 0 spiro atoms. The summed E-state index contributed by atoms with van der Waals surface area (Å²) in [4.78, 5) is 10.4. The number of carbonyl (C=O) groups excluding carboxylic acids is 1. The average Bonchev–Trinajstić information content (AvgIpc) is 1.85. The van der Waals surface area contributed by atoms with Crippen molar-refractivity contribution in [1.29, 1.82) is 0 Å². The standard InChI is InChI=1S/C6H11NO2/c1-2-5-9-6(8)3-4-7/h3-4H,2,5,7H2,1H3/b4-3+. The molecule has 0 aliphatic heterocycles. The Kier molecular flexibility index (Phi) is 4.59. The predicted octanol–water partition coefficient (Wildman–Crippen LogP) is 0.412. The van der Waals surface area contributed by atoms with Crippen LogP contribution in [0.25, 0.3) is 0 Å². The molecule has 0 rings (SSSR count). The van der Waals surface area contributed by atoms with Gasteiger partial charge in [-0.15, -0.1) is 0 Å². The van der Waals surface area contributed by atoms with Crippen LogP contribution in [0.3, 0.4) is 0 Å². The maximum absolute atomic E-state index is 10.4. The first kappa shape index (κ1) is 8.01. The largest absolute Gasteiger partial charge is 0.463 e. The van der Waals surface area contributed by atoms with E-state index in [-0.39, 0.29) is 5.97 Å². The van der Waals surface area contributed by atoms with Crippen LogP contribution in [0.1, 0.15) is 13.3 Å². The van der Waals surface area contributed by atoms with Crippen molar-refractivity contribution in [2.24, 2.45) is 5.73 Å². The van der Waals surface area contributed by atoms with Gasteiger partial charge in [0.15, 0.2) is 0 Å². The van der Waals surface area contributed by atoms with Crippen molar-refractivity contribution < 1.29 is 9.53 Å². The summed E-state index contributed by atoms with van der Waals surface area (Å²) >= 11 is 0. The van der Waals surface area contributed by atoms with Gasteiger partial charge in [0.2, 0.25) is 0 Å². The molecule has 0 aromatic heterocycles. The number of hydrogen-bond acceptors (Lipinski definition) is 3. The summed E-state index contributed by atoms with van der Waals surface area (Å²) < 4.78 is 4.63. The highest BCUT2D eigenvalue weighted by molar-refractivity contribution is 5.81. The lowest BCUT2D eigenvalue weighted by molar-refractivity contribution is -0.137. The van der Waals surface area contributed by atoms with E-state index >= 15 is 0 Å². The van der Waals surface area contributed by atoms with Crippen LogP contribution >= 0.6 is 0 Å². The normalized spacial score (nSPS) is 9.89. The molecule has 9 heavy (non-hydrogen) atoms. The Morgan fingerprint density at radius 2 is 2.44 bits per heavy atom. The Balaban J connectivity index is 3.27. The van der Waals surface area contributed by atoms with E-state index in [1.54, 1.807) is 0 Å². The molecule has 2 N–H and O–H groups in total. The van der Waals surface area contributed by atoms with Crippen LogP contribution < -0.4 is 5.73 Å². The lowest BCUT2D eigenvalue weighted by atomic mass is 10.5. The van der Waals surface area contributed by atoms with E-state index in [1.165, 1.54) is 6.08 Å². The highest BCUT2D eigenvalue weighted by atomic mass is 16.5. The van der Waals surface area contributed by atoms with Gasteiger partial charge in [0.25, 0.3) is 0 Å². The summed E-state index contributed by atoms with van der Waals surface area (Å²) in [5.41, 5.74) is 4.92. The molecule has 0 aromatic rings. The summed E-state index contributed by atoms with van der Waals surface area (Å²) in [6.07, 6.45) is 3.19. The molecule has 3 nitrogen and oxygen atoms in total. The second kappa shape index (κ2) is 5.15. The zero-order valence-corrected chi connectivity index (χ0v) is 5.46. The van der Waals surface area contributed by atoms with Crippen molar-refractivity contribution in [2.45, 2.75) is 13.3 Å². The van der Waals surface area contributed by atoms with Gasteiger partial charge in [0.05, 0.1) is 6.61 Å². The fraction of sp³-hybridized carbons (Fsp3) is 0.500.